The van der Waals surface area contributed by atoms with Crippen LogP contribution in [-0.4, -0.2) is 23.7 Å². The van der Waals surface area contributed by atoms with Crippen LogP contribution in [0.3, 0.4) is 0 Å². The summed E-state index contributed by atoms with van der Waals surface area (Å²) < 4.78 is 5.19. The third kappa shape index (κ3) is 3.43. The summed E-state index contributed by atoms with van der Waals surface area (Å²) in [6, 6.07) is 8.78. The van der Waals surface area contributed by atoms with Gasteiger partial charge in [-0.25, -0.2) is 0 Å². The van der Waals surface area contributed by atoms with Gasteiger partial charge in [-0.05, 0) is 43.0 Å². The fraction of sp³-hybridized carbons (Fsp3) is 0.333. The van der Waals surface area contributed by atoms with E-state index in [0.29, 0.717) is 23.2 Å². The van der Waals surface area contributed by atoms with Crippen LogP contribution in [0.5, 0.6) is 0 Å². The molecule has 21 heavy (non-hydrogen) atoms. The monoisotopic (exact) mass is 305 g/mol. The maximum atomic E-state index is 12.0. The van der Waals surface area contributed by atoms with Crippen LogP contribution in [0.25, 0.3) is 11.3 Å². The standard InChI is InChI=1S/C15H16ClN3O2/c16-11-5-3-10(4-6-11)14-7-13(19-21-14)15(20)18-8-12(17)9-1-2-9/h3-7,9,12H,1-2,8,17H2,(H,18,20). The molecule has 2 aromatic rings. The molecule has 110 valence electrons. The Labute approximate surface area is 127 Å². The maximum Gasteiger partial charge on any atom is 0.273 e. The van der Waals surface area contributed by atoms with Crippen LogP contribution in [0.1, 0.15) is 23.3 Å². The van der Waals surface area contributed by atoms with E-state index in [4.69, 9.17) is 21.9 Å². The van der Waals surface area contributed by atoms with Gasteiger partial charge < -0.3 is 15.6 Å². The van der Waals surface area contributed by atoms with Gasteiger partial charge in [0.15, 0.2) is 11.5 Å². The minimum absolute atomic E-state index is 0.0246. The summed E-state index contributed by atoms with van der Waals surface area (Å²) in [5.41, 5.74) is 7.02. The Hall–Kier alpha value is -1.85. The molecule has 1 aromatic carbocycles. The zero-order valence-corrected chi connectivity index (χ0v) is 12.1. The number of nitrogens with one attached hydrogen (secondary N) is 1. The number of aromatic nitrogens is 1. The number of carbonyl (C=O) groups is 1. The van der Waals surface area contributed by atoms with Crippen LogP contribution in [-0.2, 0) is 0 Å². The third-order valence-electron chi connectivity index (χ3n) is 3.60. The minimum atomic E-state index is -0.268. The highest BCUT2D eigenvalue weighted by molar-refractivity contribution is 6.30. The molecule has 1 unspecified atom stereocenters. The third-order valence-corrected chi connectivity index (χ3v) is 3.85. The van der Waals surface area contributed by atoms with Gasteiger partial charge in [-0.2, -0.15) is 0 Å². The summed E-state index contributed by atoms with van der Waals surface area (Å²) in [4.78, 5) is 12.0. The van der Waals surface area contributed by atoms with Crippen molar-refractivity contribution in [2.24, 2.45) is 11.7 Å². The largest absolute Gasteiger partial charge is 0.355 e. The second-order valence-electron chi connectivity index (χ2n) is 5.29. The molecule has 1 amide bonds. The predicted octanol–water partition coefficient (Wildman–Crippen LogP) is 2.46. The quantitative estimate of drug-likeness (QED) is 0.889. The van der Waals surface area contributed by atoms with Gasteiger partial charge in [0, 0.05) is 29.2 Å². The molecule has 0 spiro atoms. The van der Waals surface area contributed by atoms with Crippen molar-refractivity contribution < 1.29 is 9.32 Å². The first-order chi connectivity index (χ1) is 10.1. The van der Waals surface area contributed by atoms with E-state index < -0.39 is 0 Å². The zero-order valence-electron chi connectivity index (χ0n) is 11.4. The van der Waals surface area contributed by atoms with E-state index in [2.05, 4.69) is 10.5 Å². The molecule has 0 saturated heterocycles. The highest BCUT2D eigenvalue weighted by atomic mass is 35.5. The molecule has 1 saturated carbocycles. The summed E-state index contributed by atoms with van der Waals surface area (Å²) in [6.07, 6.45) is 2.31. The smallest absolute Gasteiger partial charge is 0.273 e. The van der Waals surface area contributed by atoms with E-state index in [-0.39, 0.29) is 17.6 Å². The van der Waals surface area contributed by atoms with Crippen molar-refractivity contribution in [1.29, 1.82) is 0 Å². The van der Waals surface area contributed by atoms with Crippen LogP contribution >= 0.6 is 11.6 Å². The second-order valence-corrected chi connectivity index (χ2v) is 5.73. The van der Waals surface area contributed by atoms with Crippen molar-refractivity contribution in [3.8, 4) is 11.3 Å². The van der Waals surface area contributed by atoms with E-state index in [9.17, 15) is 4.79 Å². The second kappa shape index (κ2) is 5.87. The number of carbonyl (C=O) groups excluding carboxylic acids is 1. The Morgan fingerprint density at radius 2 is 2.14 bits per heavy atom. The summed E-state index contributed by atoms with van der Waals surface area (Å²) in [7, 11) is 0. The lowest BCUT2D eigenvalue weighted by atomic mass is 10.1. The molecule has 0 radical (unpaired) electrons. The van der Waals surface area contributed by atoms with Gasteiger partial charge in [0.2, 0.25) is 0 Å². The first-order valence-corrected chi connectivity index (χ1v) is 7.28. The van der Waals surface area contributed by atoms with Gasteiger partial charge in [-0.15, -0.1) is 0 Å². The number of nitrogens with two attached hydrogens (primary N) is 1. The van der Waals surface area contributed by atoms with E-state index in [0.717, 1.165) is 18.4 Å². The Morgan fingerprint density at radius 3 is 2.81 bits per heavy atom. The summed E-state index contributed by atoms with van der Waals surface area (Å²) in [5, 5.41) is 7.22. The molecule has 1 heterocycles. The Kier molecular flexibility index (Phi) is 3.94. The molecule has 1 atom stereocenters. The van der Waals surface area contributed by atoms with Crippen LogP contribution in [0.2, 0.25) is 5.02 Å². The molecule has 6 heteroatoms. The molecule has 1 aliphatic carbocycles. The van der Waals surface area contributed by atoms with Gasteiger partial charge in [0.25, 0.3) is 5.91 Å². The summed E-state index contributed by atoms with van der Waals surface area (Å²) in [6.45, 7) is 0.465. The molecule has 1 fully saturated rings. The number of hydrogen-bond acceptors (Lipinski definition) is 4. The van der Waals surface area contributed by atoms with Gasteiger partial charge >= 0.3 is 0 Å². The van der Waals surface area contributed by atoms with Gasteiger partial charge in [-0.1, -0.05) is 16.8 Å². The van der Waals surface area contributed by atoms with E-state index in [1.807, 2.05) is 12.1 Å². The Bertz CT molecular complexity index is 635. The maximum absolute atomic E-state index is 12.0. The molecule has 3 rings (SSSR count). The molecular formula is C15H16ClN3O2. The van der Waals surface area contributed by atoms with Crippen molar-refractivity contribution in [2.45, 2.75) is 18.9 Å². The van der Waals surface area contributed by atoms with Crippen LogP contribution < -0.4 is 11.1 Å². The van der Waals surface area contributed by atoms with Crippen molar-refractivity contribution in [1.82, 2.24) is 10.5 Å². The van der Waals surface area contributed by atoms with Gasteiger partial charge in [-0.3, -0.25) is 4.79 Å². The summed E-state index contributed by atoms with van der Waals surface area (Å²) >= 11 is 5.83. The number of nitrogens with zero attached hydrogens (tertiary/aromatic N) is 1. The number of benzene rings is 1. The number of rotatable bonds is 5. The Morgan fingerprint density at radius 1 is 1.43 bits per heavy atom. The van der Waals surface area contributed by atoms with Crippen LogP contribution in [0.15, 0.2) is 34.9 Å². The number of halogens is 1. The average Bonchev–Trinajstić information content (AvgIpc) is 3.23. The molecule has 0 bridgehead atoms. The normalized spacial score (nSPS) is 15.7. The van der Waals surface area contributed by atoms with Crippen LogP contribution in [0, 0.1) is 5.92 Å². The molecule has 3 N–H and O–H groups in total. The van der Waals surface area contributed by atoms with Crippen molar-refractivity contribution in [3.05, 3.63) is 41.0 Å². The molecular weight excluding hydrogens is 290 g/mol. The highest BCUT2D eigenvalue weighted by Gasteiger charge is 2.28. The first kappa shape index (κ1) is 14.1. The lowest BCUT2D eigenvalue weighted by molar-refractivity contribution is 0.0941. The fourth-order valence-electron chi connectivity index (χ4n) is 2.12. The van der Waals surface area contributed by atoms with Crippen molar-refractivity contribution in [2.75, 3.05) is 6.54 Å². The Balaban J connectivity index is 1.63. The minimum Gasteiger partial charge on any atom is -0.355 e. The lowest BCUT2D eigenvalue weighted by Gasteiger charge is -2.09. The molecule has 5 nitrogen and oxygen atoms in total. The van der Waals surface area contributed by atoms with Crippen LogP contribution in [0.4, 0.5) is 0 Å². The van der Waals surface area contributed by atoms with Gasteiger partial charge in [0.1, 0.15) is 0 Å². The molecule has 1 aliphatic rings. The average molecular weight is 306 g/mol. The number of hydrogen-bond donors (Lipinski definition) is 2. The SMILES string of the molecule is NC(CNC(=O)c1cc(-c2ccc(Cl)cc2)on1)C1CC1. The van der Waals surface area contributed by atoms with Gasteiger partial charge in [0.05, 0.1) is 0 Å². The highest BCUT2D eigenvalue weighted by Crippen LogP contribution is 2.31. The zero-order chi connectivity index (χ0) is 14.8. The summed E-state index contributed by atoms with van der Waals surface area (Å²) in [5.74, 6) is 0.811. The van der Waals surface area contributed by atoms with Crippen molar-refractivity contribution in [3.63, 3.8) is 0 Å². The topological polar surface area (TPSA) is 81.1 Å². The van der Waals surface area contributed by atoms with E-state index in [1.54, 1.807) is 18.2 Å². The van der Waals surface area contributed by atoms with E-state index >= 15 is 0 Å². The van der Waals surface area contributed by atoms with Crippen molar-refractivity contribution >= 4 is 17.5 Å². The predicted molar refractivity (Wildman–Crippen MR) is 80.0 cm³/mol. The molecule has 1 aromatic heterocycles. The van der Waals surface area contributed by atoms with E-state index in [1.165, 1.54) is 0 Å². The fourth-order valence-corrected chi connectivity index (χ4v) is 2.25. The first-order valence-electron chi connectivity index (χ1n) is 6.90. The lowest BCUT2D eigenvalue weighted by Crippen LogP contribution is -2.38. The molecule has 0 aliphatic heterocycles. The number of amides is 1.